The van der Waals surface area contributed by atoms with Crippen LogP contribution in [-0.2, 0) is 19.6 Å². The highest BCUT2D eigenvalue weighted by Crippen LogP contribution is 2.24. The molecule has 0 aliphatic heterocycles. The van der Waals surface area contributed by atoms with E-state index in [-0.39, 0.29) is 23.8 Å². The molecular formula is C19H22N2O6S. The molecule has 0 unspecified atom stereocenters. The predicted molar refractivity (Wildman–Crippen MR) is 105 cm³/mol. The van der Waals surface area contributed by atoms with Crippen LogP contribution < -0.4 is 14.8 Å². The summed E-state index contributed by atoms with van der Waals surface area (Å²) in [6.07, 6.45) is 0.376. The van der Waals surface area contributed by atoms with Gasteiger partial charge in [0.2, 0.25) is 5.91 Å². The molecule has 28 heavy (non-hydrogen) atoms. The minimum absolute atomic E-state index is 0.0101. The third-order valence-electron chi connectivity index (χ3n) is 3.71. The van der Waals surface area contributed by atoms with E-state index in [0.717, 1.165) is 0 Å². The Morgan fingerprint density at radius 1 is 1.07 bits per heavy atom. The van der Waals surface area contributed by atoms with Gasteiger partial charge in [-0.3, -0.25) is 14.3 Å². The molecule has 0 aromatic heterocycles. The molecule has 0 aliphatic rings. The number of carbonyl (C=O) groups is 2. The van der Waals surface area contributed by atoms with Crippen LogP contribution in [0.3, 0.4) is 0 Å². The lowest BCUT2D eigenvalue weighted by atomic mass is 10.2. The summed E-state index contributed by atoms with van der Waals surface area (Å²) < 4.78 is 33.1. The van der Waals surface area contributed by atoms with E-state index in [0.29, 0.717) is 29.1 Å². The molecule has 8 nitrogen and oxygen atoms in total. The molecule has 2 rings (SSSR count). The van der Waals surface area contributed by atoms with Gasteiger partial charge in [-0.15, -0.1) is 0 Å². The molecule has 2 aromatic rings. The number of aryl methyl sites for hydroxylation is 1. The zero-order valence-electron chi connectivity index (χ0n) is 15.6. The predicted octanol–water partition coefficient (Wildman–Crippen LogP) is 3.00. The Hall–Kier alpha value is -3.07. The van der Waals surface area contributed by atoms with E-state index in [4.69, 9.17) is 9.84 Å². The number of hydrogen-bond donors (Lipinski definition) is 3. The fraction of sp³-hybridized carbons (Fsp3) is 0.263. The topological polar surface area (TPSA) is 122 Å². The number of amides is 1. The molecule has 9 heteroatoms. The van der Waals surface area contributed by atoms with Gasteiger partial charge in [0, 0.05) is 24.7 Å². The molecule has 0 bridgehead atoms. The van der Waals surface area contributed by atoms with E-state index in [9.17, 15) is 18.0 Å². The first-order valence-corrected chi connectivity index (χ1v) is 10.0. The van der Waals surface area contributed by atoms with Crippen molar-refractivity contribution >= 4 is 33.3 Å². The molecule has 3 N–H and O–H groups in total. The number of sulfonamides is 1. The van der Waals surface area contributed by atoms with E-state index >= 15 is 0 Å². The number of anilines is 2. The first kappa shape index (κ1) is 21.2. The molecule has 0 spiro atoms. The molecule has 0 heterocycles. The third kappa shape index (κ3) is 6.27. The molecule has 0 aliphatic carbocycles. The van der Waals surface area contributed by atoms with Crippen LogP contribution in [0, 0.1) is 6.92 Å². The Bertz CT molecular complexity index is 955. The summed E-state index contributed by atoms with van der Waals surface area (Å²) in [6, 6.07) is 10.8. The van der Waals surface area contributed by atoms with Crippen LogP contribution >= 0.6 is 0 Å². The van der Waals surface area contributed by atoms with Crippen LogP contribution in [0.25, 0.3) is 0 Å². The minimum Gasteiger partial charge on any atom is -0.493 e. The third-order valence-corrected chi connectivity index (χ3v) is 5.09. The maximum Gasteiger partial charge on any atom is 0.303 e. The lowest BCUT2D eigenvalue weighted by molar-refractivity contribution is -0.137. The van der Waals surface area contributed by atoms with Crippen molar-refractivity contribution in [1.29, 1.82) is 0 Å². The van der Waals surface area contributed by atoms with E-state index in [1.165, 1.54) is 19.1 Å². The summed E-state index contributed by atoms with van der Waals surface area (Å²) in [7, 11) is -3.80. The lowest BCUT2D eigenvalue weighted by Crippen LogP contribution is -2.13. The Kier molecular flexibility index (Phi) is 7.00. The Morgan fingerprint density at radius 2 is 1.71 bits per heavy atom. The van der Waals surface area contributed by atoms with Crippen molar-refractivity contribution in [2.75, 3.05) is 16.6 Å². The van der Waals surface area contributed by atoms with Crippen molar-refractivity contribution in [3.8, 4) is 5.75 Å². The smallest absolute Gasteiger partial charge is 0.303 e. The molecular weight excluding hydrogens is 384 g/mol. The van der Waals surface area contributed by atoms with Gasteiger partial charge in [0.1, 0.15) is 5.75 Å². The Balaban J connectivity index is 2.05. The van der Waals surface area contributed by atoms with E-state index in [1.807, 2.05) is 0 Å². The SMILES string of the molecule is CC(=O)Nc1ccc(NS(=O)(=O)c2ccc(OCCCC(=O)O)c(C)c2)cc1. The number of carbonyl (C=O) groups excluding carboxylic acids is 1. The second-order valence-corrected chi connectivity index (χ2v) is 7.82. The highest BCUT2D eigenvalue weighted by molar-refractivity contribution is 7.92. The molecule has 1 amide bonds. The zero-order valence-corrected chi connectivity index (χ0v) is 16.4. The first-order chi connectivity index (χ1) is 13.2. The maximum absolute atomic E-state index is 12.6. The van der Waals surface area contributed by atoms with E-state index in [1.54, 1.807) is 37.3 Å². The van der Waals surface area contributed by atoms with Gasteiger partial charge in [-0.25, -0.2) is 8.42 Å². The molecule has 0 atom stereocenters. The van der Waals surface area contributed by atoms with Crippen LogP contribution in [0.15, 0.2) is 47.4 Å². The van der Waals surface area contributed by atoms with Crippen molar-refractivity contribution < 1.29 is 27.9 Å². The van der Waals surface area contributed by atoms with Gasteiger partial charge in [-0.05, 0) is 61.4 Å². The fourth-order valence-electron chi connectivity index (χ4n) is 2.40. The second kappa shape index (κ2) is 9.23. The van der Waals surface area contributed by atoms with Gasteiger partial charge in [0.15, 0.2) is 0 Å². The number of carboxylic acids is 1. The normalized spacial score (nSPS) is 10.9. The summed E-state index contributed by atoms with van der Waals surface area (Å²) in [5.41, 5.74) is 1.55. The molecule has 0 saturated heterocycles. The Morgan fingerprint density at radius 3 is 2.29 bits per heavy atom. The maximum atomic E-state index is 12.6. The van der Waals surface area contributed by atoms with Crippen molar-refractivity contribution in [3.05, 3.63) is 48.0 Å². The zero-order chi connectivity index (χ0) is 20.7. The highest BCUT2D eigenvalue weighted by Gasteiger charge is 2.16. The van der Waals surface area contributed by atoms with Gasteiger partial charge in [-0.1, -0.05) is 0 Å². The average molecular weight is 406 g/mol. The molecule has 0 fully saturated rings. The lowest BCUT2D eigenvalue weighted by Gasteiger charge is -2.12. The number of benzene rings is 2. The summed E-state index contributed by atoms with van der Waals surface area (Å²) in [4.78, 5) is 21.6. The van der Waals surface area contributed by atoms with Crippen molar-refractivity contribution in [1.82, 2.24) is 0 Å². The monoisotopic (exact) mass is 406 g/mol. The van der Waals surface area contributed by atoms with Gasteiger partial charge >= 0.3 is 5.97 Å². The van der Waals surface area contributed by atoms with Crippen molar-refractivity contribution in [3.63, 3.8) is 0 Å². The quantitative estimate of drug-likeness (QED) is 0.550. The van der Waals surface area contributed by atoms with Crippen molar-refractivity contribution in [2.45, 2.75) is 31.6 Å². The van der Waals surface area contributed by atoms with Crippen LogP contribution in [0.1, 0.15) is 25.3 Å². The van der Waals surface area contributed by atoms with Gasteiger partial charge in [0.25, 0.3) is 10.0 Å². The largest absolute Gasteiger partial charge is 0.493 e. The van der Waals surface area contributed by atoms with Crippen LogP contribution in [0.4, 0.5) is 11.4 Å². The molecule has 2 aromatic carbocycles. The number of ether oxygens (including phenoxy) is 1. The molecule has 150 valence electrons. The van der Waals surface area contributed by atoms with Crippen LogP contribution in [-0.4, -0.2) is 32.0 Å². The number of rotatable bonds is 9. The van der Waals surface area contributed by atoms with Crippen LogP contribution in [0.5, 0.6) is 5.75 Å². The van der Waals surface area contributed by atoms with Gasteiger partial charge in [-0.2, -0.15) is 0 Å². The number of aliphatic carboxylic acids is 1. The minimum atomic E-state index is -3.80. The molecule has 0 radical (unpaired) electrons. The summed E-state index contributed by atoms with van der Waals surface area (Å²) >= 11 is 0. The second-order valence-electron chi connectivity index (χ2n) is 6.14. The number of hydrogen-bond acceptors (Lipinski definition) is 5. The highest BCUT2D eigenvalue weighted by atomic mass is 32.2. The summed E-state index contributed by atoms with van der Waals surface area (Å²) in [6.45, 7) is 3.34. The van der Waals surface area contributed by atoms with Gasteiger partial charge < -0.3 is 15.2 Å². The van der Waals surface area contributed by atoms with Crippen LogP contribution in [0.2, 0.25) is 0 Å². The summed E-state index contributed by atoms with van der Waals surface area (Å²) in [5, 5.41) is 11.2. The number of carboxylic acid groups (broad SMARTS) is 1. The van der Waals surface area contributed by atoms with E-state index in [2.05, 4.69) is 10.0 Å². The van der Waals surface area contributed by atoms with Crippen molar-refractivity contribution in [2.24, 2.45) is 0 Å². The van der Waals surface area contributed by atoms with Gasteiger partial charge in [0.05, 0.1) is 11.5 Å². The standard InChI is InChI=1S/C19H22N2O6S/c1-13-12-17(9-10-18(13)27-11-3-4-19(23)24)28(25,26)21-16-7-5-15(6-8-16)20-14(2)22/h5-10,12,21H,3-4,11H2,1-2H3,(H,20,22)(H,23,24). The first-order valence-electron chi connectivity index (χ1n) is 8.53. The summed E-state index contributed by atoms with van der Waals surface area (Å²) in [5.74, 6) is -0.601. The molecule has 0 saturated carbocycles. The van der Waals surface area contributed by atoms with E-state index < -0.39 is 16.0 Å². The number of nitrogens with one attached hydrogen (secondary N) is 2. The Labute approximate surface area is 163 Å². The average Bonchev–Trinajstić information content (AvgIpc) is 2.60. The fourth-order valence-corrected chi connectivity index (χ4v) is 3.54.